The Labute approximate surface area is 125 Å². The molecule has 0 aliphatic rings. The van der Waals surface area contributed by atoms with E-state index in [0.29, 0.717) is 17.3 Å². The molecule has 1 unspecified atom stereocenters. The highest BCUT2D eigenvalue weighted by molar-refractivity contribution is 5.10. The third-order valence-corrected chi connectivity index (χ3v) is 3.91. The van der Waals surface area contributed by atoms with E-state index in [0.717, 1.165) is 31.7 Å². The monoisotopic (exact) mass is 279 g/mol. The van der Waals surface area contributed by atoms with Crippen LogP contribution in [0.2, 0.25) is 0 Å². The van der Waals surface area contributed by atoms with Crippen molar-refractivity contribution in [3.05, 3.63) is 17.5 Å². The van der Waals surface area contributed by atoms with Gasteiger partial charge in [0.1, 0.15) is 0 Å². The molecule has 0 radical (unpaired) electrons. The highest BCUT2D eigenvalue weighted by Crippen LogP contribution is 2.29. The highest BCUT2D eigenvalue weighted by Gasteiger charge is 2.25. The Morgan fingerprint density at radius 2 is 1.90 bits per heavy atom. The SMILES string of the molecule is CCn1nc(C)cc1CC(CNCC(C)C)C(C)(C)C. The molecule has 3 heteroatoms. The fourth-order valence-corrected chi connectivity index (χ4v) is 2.52. The molecule has 0 spiro atoms. The zero-order valence-corrected chi connectivity index (χ0v) is 14.5. The molecule has 0 saturated carbocycles. The van der Waals surface area contributed by atoms with Crippen molar-refractivity contribution in [2.24, 2.45) is 17.3 Å². The lowest BCUT2D eigenvalue weighted by atomic mass is 9.78. The number of aryl methyl sites for hydroxylation is 2. The first-order valence-electron chi connectivity index (χ1n) is 7.98. The standard InChI is InChI=1S/C17H33N3/c1-8-20-16(9-14(4)19-20)10-15(17(5,6)7)12-18-11-13(2)3/h9,13,15,18H,8,10-12H2,1-7H3. The Bertz CT molecular complexity index is 399. The third-order valence-electron chi connectivity index (χ3n) is 3.91. The topological polar surface area (TPSA) is 29.9 Å². The minimum absolute atomic E-state index is 0.306. The van der Waals surface area contributed by atoms with Crippen molar-refractivity contribution < 1.29 is 0 Å². The molecule has 1 atom stereocenters. The normalized spacial score (nSPS) is 14.0. The van der Waals surface area contributed by atoms with Crippen LogP contribution in [0.4, 0.5) is 0 Å². The molecule has 1 aromatic heterocycles. The summed E-state index contributed by atoms with van der Waals surface area (Å²) in [7, 11) is 0. The second-order valence-corrected chi connectivity index (χ2v) is 7.41. The lowest BCUT2D eigenvalue weighted by Crippen LogP contribution is -2.35. The highest BCUT2D eigenvalue weighted by atomic mass is 15.3. The van der Waals surface area contributed by atoms with Gasteiger partial charge in [-0.3, -0.25) is 4.68 Å². The Morgan fingerprint density at radius 3 is 2.40 bits per heavy atom. The van der Waals surface area contributed by atoms with Gasteiger partial charge in [0.25, 0.3) is 0 Å². The molecule has 3 nitrogen and oxygen atoms in total. The van der Waals surface area contributed by atoms with Gasteiger partial charge in [-0.15, -0.1) is 0 Å². The smallest absolute Gasteiger partial charge is 0.0596 e. The van der Waals surface area contributed by atoms with Gasteiger partial charge in [-0.1, -0.05) is 34.6 Å². The van der Waals surface area contributed by atoms with E-state index in [-0.39, 0.29) is 0 Å². The van der Waals surface area contributed by atoms with Gasteiger partial charge in [-0.05, 0) is 56.7 Å². The van der Waals surface area contributed by atoms with Gasteiger partial charge in [0, 0.05) is 12.2 Å². The zero-order valence-electron chi connectivity index (χ0n) is 14.5. The number of rotatable bonds is 7. The maximum atomic E-state index is 4.57. The molecule has 1 heterocycles. The minimum Gasteiger partial charge on any atom is -0.316 e. The largest absolute Gasteiger partial charge is 0.316 e. The second-order valence-electron chi connectivity index (χ2n) is 7.41. The molecule has 0 fully saturated rings. The van der Waals surface area contributed by atoms with E-state index < -0.39 is 0 Å². The Morgan fingerprint density at radius 1 is 1.25 bits per heavy atom. The molecule has 116 valence electrons. The summed E-state index contributed by atoms with van der Waals surface area (Å²) in [5.41, 5.74) is 2.81. The van der Waals surface area contributed by atoms with Crippen molar-refractivity contribution >= 4 is 0 Å². The molecule has 1 N–H and O–H groups in total. The van der Waals surface area contributed by atoms with E-state index in [9.17, 15) is 0 Å². The first kappa shape index (κ1) is 17.2. The fraction of sp³-hybridized carbons (Fsp3) is 0.824. The second kappa shape index (κ2) is 7.26. The van der Waals surface area contributed by atoms with Crippen molar-refractivity contribution in [1.82, 2.24) is 15.1 Å². The molecule has 0 aliphatic carbocycles. The van der Waals surface area contributed by atoms with Gasteiger partial charge in [-0.25, -0.2) is 0 Å². The summed E-state index contributed by atoms with van der Waals surface area (Å²) in [4.78, 5) is 0. The van der Waals surface area contributed by atoms with Crippen LogP contribution >= 0.6 is 0 Å². The van der Waals surface area contributed by atoms with Crippen LogP contribution in [0, 0.1) is 24.2 Å². The predicted molar refractivity (Wildman–Crippen MR) is 87.0 cm³/mol. The number of hydrogen-bond donors (Lipinski definition) is 1. The van der Waals surface area contributed by atoms with E-state index in [1.807, 2.05) is 0 Å². The Balaban J connectivity index is 2.74. The van der Waals surface area contributed by atoms with Crippen molar-refractivity contribution in [3.63, 3.8) is 0 Å². The third kappa shape index (κ3) is 5.28. The van der Waals surface area contributed by atoms with Crippen LogP contribution < -0.4 is 5.32 Å². The number of hydrogen-bond acceptors (Lipinski definition) is 2. The summed E-state index contributed by atoms with van der Waals surface area (Å²) in [6.07, 6.45) is 1.10. The minimum atomic E-state index is 0.306. The van der Waals surface area contributed by atoms with E-state index in [4.69, 9.17) is 0 Å². The summed E-state index contributed by atoms with van der Waals surface area (Å²) < 4.78 is 2.15. The molecule has 20 heavy (non-hydrogen) atoms. The molecule has 1 aromatic rings. The van der Waals surface area contributed by atoms with Crippen LogP contribution in [0.5, 0.6) is 0 Å². The molecule has 0 amide bonds. The first-order valence-corrected chi connectivity index (χ1v) is 7.98. The number of nitrogens with zero attached hydrogens (tertiary/aromatic N) is 2. The van der Waals surface area contributed by atoms with Crippen molar-refractivity contribution in [1.29, 1.82) is 0 Å². The zero-order chi connectivity index (χ0) is 15.3. The first-order chi connectivity index (χ1) is 9.24. The molecule has 0 aliphatic heterocycles. The van der Waals surface area contributed by atoms with E-state index >= 15 is 0 Å². The van der Waals surface area contributed by atoms with Crippen LogP contribution in [0.3, 0.4) is 0 Å². The Hall–Kier alpha value is -0.830. The molecule has 0 aromatic carbocycles. The molecular formula is C17H33N3. The molecule has 1 rings (SSSR count). The van der Waals surface area contributed by atoms with Crippen LogP contribution in [-0.4, -0.2) is 22.9 Å². The van der Waals surface area contributed by atoms with Crippen LogP contribution in [0.15, 0.2) is 6.07 Å². The summed E-state index contributed by atoms with van der Waals surface area (Å²) >= 11 is 0. The summed E-state index contributed by atoms with van der Waals surface area (Å²) in [6.45, 7) is 18.9. The van der Waals surface area contributed by atoms with E-state index in [2.05, 4.69) is 69.6 Å². The quantitative estimate of drug-likeness (QED) is 0.825. The lowest BCUT2D eigenvalue weighted by molar-refractivity contribution is 0.225. The van der Waals surface area contributed by atoms with Gasteiger partial charge in [0.05, 0.1) is 5.69 Å². The summed E-state index contributed by atoms with van der Waals surface area (Å²) in [5.74, 6) is 1.33. The van der Waals surface area contributed by atoms with Gasteiger partial charge >= 0.3 is 0 Å². The molecular weight excluding hydrogens is 246 g/mol. The lowest BCUT2D eigenvalue weighted by Gasteiger charge is -2.31. The summed E-state index contributed by atoms with van der Waals surface area (Å²) in [5, 5.41) is 8.20. The van der Waals surface area contributed by atoms with Crippen LogP contribution in [-0.2, 0) is 13.0 Å². The van der Waals surface area contributed by atoms with Gasteiger partial charge in [0.15, 0.2) is 0 Å². The fourth-order valence-electron chi connectivity index (χ4n) is 2.52. The van der Waals surface area contributed by atoms with Gasteiger partial charge in [-0.2, -0.15) is 5.10 Å². The van der Waals surface area contributed by atoms with Crippen LogP contribution in [0.25, 0.3) is 0 Å². The Kier molecular flexibility index (Phi) is 6.25. The average molecular weight is 279 g/mol. The maximum absolute atomic E-state index is 4.57. The van der Waals surface area contributed by atoms with Crippen molar-refractivity contribution in [2.45, 2.75) is 61.4 Å². The molecule has 0 saturated heterocycles. The maximum Gasteiger partial charge on any atom is 0.0596 e. The molecule has 0 bridgehead atoms. The summed E-state index contributed by atoms with van der Waals surface area (Å²) in [6, 6.07) is 2.24. The number of nitrogens with one attached hydrogen (secondary N) is 1. The van der Waals surface area contributed by atoms with Gasteiger partial charge < -0.3 is 5.32 Å². The van der Waals surface area contributed by atoms with E-state index in [1.54, 1.807) is 0 Å². The average Bonchev–Trinajstić information content (AvgIpc) is 2.66. The van der Waals surface area contributed by atoms with Crippen molar-refractivity contribution in [3.8, 4) is 0 Å². The number of aromatic nitrogens is 2. The predicted octanol–water partition coefficient (Wildman–Crippen LogP) is 3.66. The van der Waals surface area contributed by atoms with Crippen LogP contribution in [0.1, 0.15) is 52.9 Å². The van der Waals surface area contributed by atoms with E-state index in [1.165, 1.54) is 5.69 Å². The van der Waals surface area contributed by atoms with Gasteiger partial charge in [0.2, 0.25) is 0 Å². The van der Waals surface area contributed by atoms with Crippen molar-refractivity contribution in [2.75, 3.05) is 13.1 Å².